The molecule has 0 aliphatic carbocycles. The summed E-state index contributed by atoms with van der Waals surface area (Å²) in [6.07, 6.45) is 1.90. The van der Waals surface area contributed by atoms with E-state index in [0.717, 1.165) is 18.4 Å². The summed E-state index contributed by atoms with van der Waals surface area (Å²) in [5.41, 5.74) is 0.918. The minimum atomic E-state index is -3.40. The van der Waals surface area contributed by atoms with E-state index in [9.17, 15) is 8.42 Å². The number of hydrogen-bond donors (Lipinski definition) is 0. The third-order valence-corrected chi connectivity index (χ3v) is 5.79. The molecule has 6 heteroatoms. The van der Waals surface area contributed by atoms with Gasteiger partial charge in [0.25, 0.3) is 0 Å². The minimum Gasteiger partial charge on any atom is -0.384 e. The van der Waals surface area contributed by atoms with Gasteiger partial charge in [-0.15, -0.1) is 11.6 Å². The van der Waals surface area contributed by atoms with Gasteiger partial charge in [0.1, 0.15) is 0 Å². The molecule has 4 nitrogen and oxygen atoms in total. The molecule has 0 N–H and O–H groups in total. The summed E-state index contributed by atoms with van der Waals surface area (Å²) in [7, 11) is -1.75. The number of sulfonamides is 1. The molecule has 0 spiro atoms. The van der Waals surface area contributed by atoms with Gasteiger partial charge in [0.2, 0.25) is 10.0 Å². The molecule has 1 heterocycles. The van der Waals surface area contributed by atoms with Crippen LogP contribution in [0.4, 0.5) is 0 Å². The maximum atomic E-state index is 12.6. The molecule has 1 aliphatic heterocycles. The number of alkyl halides is 1. The smallest absolute Gasteiger partial charge is 0.243 e. The third kappa shape index (κ3) is 3.52. The number of hydrogen-bond acceptors (Lipinski definition) is 3. The van der Waals surface area contributed by atoms with Crippen LogP contribution < -0.4 is 0 Å². The zero-order valence-electron chi connectivity index (χ0n) is 11.6. The topological polar surface area (TPSA) is 46.6 Å². The van der Waals surface area contributed by atoms with Gasteiger partial charge in [-0.3, -0.25) is 0 Å². The Morgan fingerprint density at radius 2 is 2.05 bits per heavy atom. The molecular formula is C14H20ClNO3S. The molecule has 1 aromatic rings. The highest BCUT2D eigenvalue weighted by Crippen LogP contribution is 2.24. The molecule has 0 aromatic heterocycles. The highest BCUT2D eigenvalue weighted by atomic mass is 35.5. The van der Waals surface area contributed by atoms with Crippen LogP contribution in [0.2, 0.25) is 0 Å². The monoisotopic (exact) mass is 317 g/mol. The quantitative estimate of drug-likeness (QED) is 0.784. The van der Waals surface area contributed by atoms with Gasteiger partial charge in [-0.25, -0.2) is 8.42 Å². The summed E-state index contributed by atoms with van der Waals surface area (Å²) in [4.78, 5) is 0.337. The van der Waals surface area contributed by atoms with Crippen molar-refractivity contribution >= 4 is 21.6 Å². The molecule has 1 aromatic carbocycles. The molecule has 112 valence electrons. The van der Waals surface area contributed by atoms with Crippen molar-refractivity contribution in [3.63, 3.8) is 0 Å². The highest BCUT2D eigenvalue weighted by Gasteiger charge is 2.30. The lowest BCUT2D eigenvalue weighted by Crippen LogP contribution is -2.41. The molecule has 1 saturated heterocycles. The highest BCUT2D eigenvalue weighted by molar-refractivity contribution is 7.89. The van der Waals surface area contributed by atoms with E-state index in [-0.39, 0.29) is 5.92 Å². The summed E-state index contributed by atoms with van der Waals surface area (Å²) >= 11 is 5.72. The van der Waals surface area contributed by atoms with Crippen molar-refractivity contribution < 1.29 is 13.2 Å². The van der Waals surface area contributed by atoms with Crippen molar-refractivity contribution in [2.45, 2.75) is 23.6 Å². The predicted octanol–water partition coefficient (Wildman–Crippen LogP) is 2.47. The molecule has 0 bridgehead atoms. The van der Waals surface area contributed by atoms with Crippen molar-refractivity contribution in [2.24, 2.45) is 5.92 Å². The molecule has 0 amide bonds. The normalized spacial score (nSPS) is 21.0. The second-order valence-electron chi connectivity index (χ2n) is 5.10. The minimum absolute atomic E-state index is 0.283. The van der Waals surface area contributed by atoms with Crippen LogP contribution in [0.5, 0.6) is 0 Å². The lowest BCUT2D eigenvalue weighted by Gasteiger charge is -2.31. The van der Waals surface area contributed by atoms with E-state index in [4.69, 9.17) is 16.3 Å². The second kappa shape index (κ2) is 6.89. The van der Waals surface area contributed by atoms with E-state index in [1.807, 2.05) is 0 Å². The molecule has 20 heavy (non-hydrogen) atoms. The lowest BCUT2D eigenvalue weighted by atomic mass is 10.0. The molecule has 1 fully saturated rings. The summed E-state index contributed by atoms with van der Waals surface area (Å²) < 4.78 is 31.9. The number of nitrogens with zero attached hydrogens (tertiary/aromatic N) is 1. The standard InChI is InChI=1S/C14H20ClNO3S/c1-19-11-13-3-2-8-16(10-13)20(17,18)14-6-4-12(9-15)5-7-14/h4-7,13H,2-3,8-11H2,1H3. The third-order valence-electron chi connectivity index (χ3n) is 3.60. The molecular weight excluding hydrogens is 298 g/mol. The number of benzene rings is 1. The fourth-order valence-corrected chi connectivity index (χ4v) is 4.25. The molecule has 1 atom stereocenters. The molecule has 1 aliphatic rings. The van der Waals surface area contributed by atoms with Crippen LogP contribution in [0.3, 0.4) is 0 Å². The van der Waals surface area contributed by atoms with Gasteiger partial charge in [0.05, 0.1) is 11.5 Å². The first-order valence-electron chi connectivity index (χ1n) is 6.72. The van der Waals surface area contributed by atoms with Crippen molar-refractivity contribution in [3.05, 3.63) is 29.8 Å². The fourth-order valence-electron chi connectivity index (χ4n) is 2.52. The Labute approximate surface area is 125 Å². The summed E-state index contributed by atoms with van der Waals surface area (Å²) in [5, 5.41) is 0. The van der Waals surface area contributed by atoms with Crippen LogP contribution in [0.15, 0.2) is 29.2 Å². The summed E-state index contributed by atoms with van der Waals surface area (Å²) in [5.74, 6) is 0.672. The first kappa shape index (κ1) is 15.8. The number of methoxy groups -OCH3 is 1. The van der Waals surface area contributed by atoms with E-state index in [1.54, 1.807) is 35.7 Å². The van der Waals surface area contributed by atoms with Gasteiger partial charge in [0, 0.05) is 26.1 Å². The van der Waals surface area contributed by atoms with Crippen LogP contribution in [-0.2, 0) is 20.6 Å². The molecule has 2 rings (SSSR count). The average molecular weight is 318 g/mol. The first-order chi connectivity index (χ1) is 9.57. The van der Waals surface area contributed by atoms with E-state index >= 15 is 0 Å². The summed E-state index contributed by atoms with van der Waals surface area (Å²) in [6, 6.07) is 6.78. The number of piperidine rings is 1. The Morgan fingerprint density at radius 1 is 1.35 bits per heavy atom. The maximum Gasteiger partial charge on any atom is 0.243 e. The molecule has 0 saturated carbocycles. The van der Waals surface area contributed by atoms with E-state index in [2.05, 4.69) is 0 Å². The van der Waals surface area contributed by atoms with Gasteiger partial charge >= 0.3 is 0 Å². The Bertz CT molecular complexity index is 528. The largest absolute Gasteiger partial charge is 0.384 e. The van der Waals surface area contributed by atoms with Crippen molar-refractivity contribution in [3.8, 4) is 0 Å². The Balaban J connectivity index is 2.16. The average Bonchev–Trinajstić information content (AvgIpc) is 2.48. The van der Waals surface area contributed by atoms with Crippen LogP contribution in [0, 0.1) is 5.92 Å². The molecule has 1 unspecified atom stereocenters. The van der Waals surface area contributed by atoms with Crippen LogP contribution in [-0.4, -0.2) is 39.5 Å². The van der Waals surface area contributed by atoms with Gasteiger partial charge in [-0.05, 0) is 36.5 Å². The number of rotatable bonds is 5. The van der Waals surface area contributed by atoms with Gasteiger partial charge < -0.3 is 4.74 Å². The van der Waals surface area contributed by atoms with E-state index in [0.29, 0.717) is 30.5 Å². The Kier molecular flexibility index (Phi) is 5.43. The number of ether oxygens (including phenoxy) is 1. The maximum absolute atomic E-state index is 12.6. The zero-order chi connectivity index (χ0) is 14.6. The van der Waals surface area contributed by atoms with Crippen LogP contribution in [0.25, 0.3) is 0 Å². The van der Waals surface area contributed by atoms with E-state index in [1.165, 1.54) is 0 Å². The van der Waals surface area contributed by atoms with Crippen LogP contribution in [0.1, 0.15) is 18.4 Å². The Morgan fingerprint density at radius 3 is 2.65 bits per heavy atom. The van der Waals surface area contributed by atoms with Crippen molar-refractivity contribution in [1.82, 2.24) is 4.31 Å². The van der Waals surface area contributed by atoms with Gasteiger partial charge in [-0.1, -0.05) is 12.1 Å². The SMILES string of the molecule is COCC1CCCN(S(=O)(=O)c2ccc(CCl)cc2)C1. The van der Waals surface area contributed by atoms with Crippen molar-refractivity contribution in [1.29, 1.82) is 0 Å². The zero-order valence-corrected chi connectivity index (χ0v) is 13.2. The van der Waals surface area contributed by atoms with Gasteiger partial charge in [0.15, 0.2) is 0 Å². The Hall–Kier alpha value is -0.620. The predicted molar refractivity (Wildman–Crippen MR) is 79.4 cm³/mol. The van der Waals surface area contributed by atoms with Crippen LogP contribution >= 0.6 is 11.6 Å². The first-order valence-corrected chi connectivity index (χ1v) is 8.69. The van der Waals surface area contributed by atoms with Crippen molar-refractivity contribution in [2.75, 3.05) is 26.8 Å². The van der Waals surface area contributed by atoms with E-state index < -0.39 is 10.0 Å². The fraction of sp³-hybridized carbons (Fsp3) is 0.571. The second-order valence-corrected chi connectivity index (χ2v) is 7.31. The lowest BCUT2D eigenvalue weighted by molar-refractivity contribution is 0.118. The number of halogens is 1. The van der Waals surface area contributed by atoms with Gasteiger partial charge in [-0.2, -0.15) is 4.31 Å². The molecule has 0 radical (unpaired) electrons. The summed E-state index contributed by atoms with van der Waals surface area (Å²) in [6.45, 7) is 1.73.